The molecule has 2 rings (SSSR count). The molecule has 0 spiro atoms. The van der Waals surface area contributed by atoms with Gasteiger partial charge in [-0.2, -0.15) is 0 Å². The van der Waals surface area contributed by atoms with Crippen LogP contribution in [0.25, 0.3) is 0 Å². The topological polar surface area (TPSA) is 24.9 Å². The standard InChI is InChI=1S/C14H24N2S/c1-4-14(8-6-5-7-9-15-14)10-13-16-11(2)12(3)17-13/h15H,4-10H2,1-3H3. The summed E-state index contributed by atoms with van der Waals surface area (Å²) in [6.07, 6.45) is 7.71. The van der Waals surface area contributed by atoms with Gasteiger partial charge in [-0.1, -0.05) is 19.8 Å². The van der Waals surface area contributed by atoms with Crippen molar-refractivity contribution in [2.24, 2.45) is 0 Å². The van der Waals surface area contributed by atoms with E-state index in [4.69, 9.17) is 4.98 Å². The van der Waals surface area contributed by atoms with E-state index in [1.165, 1.54) is 54.2 Å². The highest BCUT2D eigenvalue weighted by Gasteiger charge is 2.30. The molecule has 1 fully saturated rings. The molecule has 2 heterocycles. The molecule has 0 amide bonds. The van der Waals surface area contributed by atoms with Gasteiger partial charge in [-0.25, -0.2) is 4.98 Å². The van der Waals surface area contributed by atoms with Crippen molar-refractivity contribution in [3.63, 3.8) is 0 Å². The lowest BCUT2D eigenvalue weighted by molar-refractivity contribution is 0.302. The molecule has 3 heteroatoms. The van der Waals surface area contributed by atoms with E-state index in [0.717, 1.165) is 6.42 Å². The van der Waals surface area contributed by atoms with E-state index in [1.54, 1.807) is 0 Å². The maximum atomic E-state index is 4.71. The third kappa shape index (κ3) is 3.08. The van der Waals surface area contributed by atoms with Crippen LogP contribution in [-0.4, -0.2) is 17.1 Å². The van der Waals surface area contributed by atoms with Crippen LogP contribution in [0.5, 0.6) is 0 Å². The highest BCUT2D eigenvalue weighted by Crippen LogP contribution is 2.29. The molecule has 96 valence electrons. The summed E-state index contributed by atoms with van der Waals surface area (Å²) in [4.78, 5) is 6.08. The minimum Gasteiger partial charge on any atom is -0.311 e. The van der Waals surface area contributed by atoms with E-state index >= 15 is 0 Å². The molecule has 1 aromatic heterocycles. The molecule has 1 aliphatic rings. The van der Waals surface area contributed by atoms with Crippen LogP contribution < -0.4 is 5.32 Å². The van der Waals surface area contributed by atoms with Gasteiger partial charge in [0.1, 0.15) is 0 Å². The van der Waals surface area contributed by atoms with Crippen LogP contribution in [0.2, 0.25) is 0 Å². The Bertz CT molecular complexity index is 343. The van der Waals surface area contributed by atoms with E-state index in [0.29, 0.717) is 5.54 Å². The van der Waals surface area contributed by atoms with E-state index in [-0.39, 0.29) is 0 Å². The Morgan fingerprint density at radius 2 is 2.12 bits per heavy atom. The SMILES string of the molecule is CCC1(Cc2nc(C)c(C)s2)CCCCCN1. The van der Waals surface area contributed by atoms with Crippen LogP contribution in [-0.2, 0) is 6.42 Å². The molecule has 1 unspecified atom stereocenters. The number of aryl methyl sites for hydroxylation is 2. The van der Waals surface area contributed by atoms with Gasteiger partial charge in [-0.3, -0.25) is 0 Å². The fourth-order valence-electron chi connectivity index (χ4n) is 2.69. The lowest BCUT2D eigenvalue weighted by Gasteiger charge is -2.32. The molecular formula is C14H24N2S. The van der Waals surface area contributed by atoms with Gasteiger partial charge >= 0.3 is 0 Å². The van der Waals surface area contributed by atoms with Crippen molar-refractivity contribution in [3.8, 4) is 0 Å². The smallest absolute Gasteiger partial charge is 0.0949 e. The third-order valence-electron chi connectivity index (χ3n) is 4.07. The maximum absolute atomic E-state index is 4.71. The highest BCUT2D eigenvalue weighted by molar-refractivity contribution is 7.11. The second-order valence-corrected chi connectivity index (χ2v) is 6.59. The van der Waals surface area contributed by atoms with Crippen molar-refractivity contribution in [2.45, 2.75) is 64.8 Å². The first-order valence-electron chi connectivity index (χ1n) is 6.83. The molecule has 1 aliphatic heterocycles. The molecule has 0 aliphatic carbocycles. The van der Waals surface area contributed by atoms with E-state index < -0.39 is 0 Å². The molecule has 1 N–H and O–H groups in total. The molecule has 0 aromatic carbocycles. The fraction of sp³-hybridized carbons (Fsp3) is 0.786. The first-order chi connectivity index (χ1) is 8.15. The lowest BCUT2D eigenvalue weighted by atomic mass is 9.87. The van der Waals surface area contributed by atoms with Crippen LogP contribution in [0, 0.1) is 13.8 Å². The second kappa shape index (κ2) is 5.49. The van der Waals surface area contributed by atoms with Crippen molar-refractivity contribution >= 4 is 11.3 Å². The van der Waals surface area contributed by atoms with Crippen molar-refractivity contribution in [1.82, 2.24) is 10.3 Å². The summed E-state index contributed by atoms with van der Waals surface area (Å²) in [5.41, 5.74) is 1.53. The van der Waals surface area contributed by atoms with Gasteiger partial charge in [-0.05, 0) is 39.7 Å². The first kappa shape index (κ1) is 13.0. The molecule has 1 saturated heterocycles. The van der Waals surface area contributed by atoms with E-state index in [2.05, 4.69) is 26.1 Å². The van der Waals surface area contributed by atoms with Crippen LogP contribution >= 0.6 is 11.3 Å². The zero-order valence-corrected chi connectivity index (χ0v) is 12.1. The lowest BCUT2D eigenvalue weighted by Crippen LogP contribution is -2.46. The summed E-state index contributed by atoms with van der Waals surface area (Å²) in [6.45, 7) is 7.78. The zero-order chi connectivity index (χ0) is 12.3. The minimum atomic E-state index is 0.313. The van der Waals surface area contributed by atoms with Gasteiger partial charge in [-0.15, -0.1) is 11.3 Å². The van der Waals surface area contributed by atoms with Gasteiger partial charge in [0.05, 0.1) is 10.7 Å². The highest BCUT2D eigenvalue weighted by atomic mass is 32.1. The van der Waals surface area contributed by atoms with Gasteiger partial charge in [0.2, 0.25) is 0 Å². The normalized spacial score (nSPS) is 25.8. The van der Waals surface area contributed by atoms with Gasteiger partial charge in [0.25, 0.3) is 0 Å². The number of aromatic nitrogens is 1. The molecule has 1 aromatic rings. The Labute approximate surface area is 109 Å². The van der Waals surface area contributed by atoms with Gasteiger partial charge in [0, 0.05) is 16.8 Å². The molecule has 17 heavy (non-hydrogen) atoms. The summed E-state index contributed by atoms with van der Waals surface area (Å²) in [7, 11) is 0. The average molecular weight is 252 g/mol. The average Bonchev–Trinajstić information content (AvgIpc) is 2.54. The molecule has 0 saturated carbocycles. The van der Waals surface area contributed by atoms with Crippen LogP contribution in [0.4, 0.5) is 0 Å². The van der Waals surface area contributed by atoms with E-state index in [9.17, 15) is 0 Å². The number of nitrogens with one attached hydrogen (secondary N) is 1. The van der Waals surface area contributed by atoms with Crippen LogP contribution in [0.15, 0.2) is 0 Å². The monoisotopic (exact) mass is 252 g/mol. The predicted molar refractivity (Wildman–Crippen MR) is 74.8 cm³/mol. The second-order valence-electron chi connectivity index (χ2n) is 5.30. The largest absolute Gasteiger partial charge is 0.311 e. The van der Waals surface area contributed by atoms with Crippen LogP contribution in [0.3, 0.4) is 0 Å². The third-order valence-corrected chi connectivity index (χ3v) is 5.14. The molecule has 0 radical (unpaired) electrons. The number of nitrogens with zero attached hydrogens (tertiary/aromatic N) is 1. The summed E-state index contributed by atoms with van der Waals surface area (Å²) >= 11 is 1.88. The molecular weight excluding hydrogens is 228 g/mol. The number of hydrogen-bond donors (Lipinski definition) is 1. The Morgan fingerprint density at radius 3 is 2.76 bits per heavy atom. The number of rotatable bonds is 3. The Balaban J connectivity index is 2.12. The summed E-state index contributed by atoms with van der Waals surface area (Å²) < 4.78 is 0. The fourth-order valence-corrected chi connectivity index (χ4v) is 3.77. The van der Waals surface area contributed by atoms with Crippen molar-refractivity contribution in [3.05, 3.63) is 15.6 Å². The number of thiazole rings is 1. The summed E-state index contributed by atoms with van der Waals surface area (Å²) in [5.74, 6) is 0. The Morgan fingerprint density at radius 1 is 1.29 bits per heavy atom. The Hall–Kier alpha value is -0.410. The van der Waals surface area contributed by atoms with Gasteiger partial charge < -0.3 is 5.32 Å². The predicted octanol–water partition coefficient (Wildman–Crippen LogP) is 3.61. The van der Waals surface area contributed by atoms with Crippen molar-refractivity contribution in [1.29, 1.82) is 0 Å². The number of hydrogen-bond acceptors (Lipinski definition) is 3. The van der Waals surface area contributed by atoms with Gasteiger partial charge in [0.15, 0.2) is 0 Å². The summed E-state index contributed by atoms with van der Waals surface area (Å²) in [5, 5.41) is 5.10. The molecule has 2 nitrogen and oxygen atoms in total. The molecule has 1 atom stereocenters. The molecule has 0 bridgehead atoms. The summed E-state index contributed by atoms with van der Waals surface area (Å²) in [6, 6.07) is 0. The zero-order valence-electron chi connectivity index (χ0n) is 11.3. The van der Waals surface area contributed by atoms with E-state index in [1.807, 2.05) is 11.3 Å². The van der Waals surface area contributed by atoms with Crippen molar-refractivity contribution < 1.29 is 0 Å². The maximum Gasteiger partial charge on any atom is 0.0949 e. The minimum absolute atomic E-state index is 0.313. The van der Waals surface area contributed by atoms with Crippen LogP contribution in [0.1, 0.15) is 54.6 Å². The Kier molecular flexibility index (Phi) is 4.21. The quantitative estimate of drug-likeness (QED) is 0.889. The van der Waals surface area contributed by atoms with Crippen molar-refractivity contribution in [2.75, 3.05) is 6.54 Å². The first-order valence-corrected chi connectivity index (χ1v) is 7.65.